The molecule has 168 valence electrons. The normalized spacial score (nSPS) is 15.9. The monoisotopic (exact) mass is 435 g/mol. The largest absolute Gasteiger partial charge is 0.506 e. The van der Waals surface area contributed by atoms with Gasteiger partial charge in [0.25, 0.3) is 5.91 Å². The predicted octanol–water partition coefficient (Wildman–Crippen LogP) is 4.38. The summed E-state index contributed by atoms with van der Waals surface area (Å²) in [5.41, 5.74) is 3.93. The molecule has 0 saturated carbocycles. The van der Waals surface area contributed by atoms with Crippen LogP contribution >= 0.6 is 0 Å². The number of nitrogens with one attached hydrogen (secondary N) is 1. The van der Waals surface area contributed by atoms with Gasteiger partial charge in [-0.05, 0) is 62.4 Å². The average Bonchev–Trinajstić information content (AvgIpc) is 2.70. The van der Waals surface area contributed by atoms with Crippen molar-refractivity contribution in [2.75, 3.05) is 6.54 Å². The third kappa shape index (κ3) is 4.44. The van der Waals surface area contributed by atoms with Crippen LogP contribution in [0.4, 0.5) is 0 Å². The molecule has 3 rings (SSSR count). The Morgan fingerprint density at radius 2 is 1.72 bits per heavy atom. The molecule has 0 radical (unpaired) electrons. The van der Waals surface area contributed by atoms with Crippen molar-refractivity contribution in [3.05, 3.63) is 64.2 Å². The highest BCUT2D eigenvalue weighted by atomic mass is 16.6. The van der Waals surface area contributed by atoms with Gasteiger partial charge >= 0.3 is 5.97 Å². The van der Waals surface area contributed by atoms with Crippen molar-refractivity contribution in [1.82, 2.24) is 5.32 Å². The molecule has 32 heavy (non-hydrogen) atoms. The fourth-order valence-electron chi connectivity index (χ4n) is 4.01. The number of aliphatic hydroxyl groups is 1. The molecule has 1 aliphatic rings. The van der Waals surface area contributed by atoms with Gasteiger partial charge < -0.3 is 15.2 Å². The number of esters is 1. The lowest BCUT2D eigenvalue weighted by Crippen LogP contribution is -2.38. The fraction of sp³-hybridized carbons (Fsp3) is 0.346. The zero-order valence-corrected chi connectivity index (χ0v) is 19.3. The van der Waals surface area contributed by atoms with Crippen molar-refractivity contribution in [2.24, 2.45) is 0 Å². The Kier molecular flexibility index (Phi) is 6.26. The molecular formula is C26H29NO5. The zero-order valence-electron chi connectivity index (χ0n) is 19.3. The van der Waals surface area contributed by atoms with Crippen molar-refractivity contribution in [2.45, 2.75) is 53.1 Å². The van der Waals surface area contributed by atoms with Gasteiger partial charge in [0.15, 0.2) is 5.78 Å². The number of ether oxygens (including phenoxy) is 1. The summed E-state index contributed by atoms with van der Waals surface area (Å²) in [6.45, 7) is 10.4. The fourth-order valence-corrected chi connectivity index (χ4v) is 4.01. The van der Waals surface area contributed by atoms with E-state index in [2.05, 4.69) is 5.32 Å². The van der Waals surface area contributed by atoms with E-state index in [-0.39, 0.29) is 11.3 Å². The molecule has 1 amide bonds. The lowest BCUT2D eigenvalue weighted by Gasteiger charge is -2.26. The highest BCUT2D eigenvalue weighted by molar-refractivity contribution is 6.27. The van der Waals surface area contributed by atoms with Crippen LogP contribution in [0.25, 0.3) is 16.9 Å². The molecule has 6 nitrogen and oxygen atoms in total. The third-order valence-electron chi connectivity index (χ3n) is 5.55. The third-order valence-corrected chi connectivity index (χ3v) is 5.55. The molecule has 1 atom stereocenters. The quantitative estimate of drug-likeness (QED) is 0.549. The van der Waals surface area contributed by atoms with E-state index in [1.165, 1.54) is 0 Å². The van der Waals surface area contributed by atoms with Crippen molar-refractivity contribution < 1.29 is 24.2 Å². The first-order valence-corrected chi connectivity index (χ1v) is 10.6. The first kappa shape index (κ1) is 23.3. The summed E-state index contributed by atoms with van der Waals surface area (Å²) in [5, 5.41) is 13.4. The van der Waals surface area contributed by atoms with Gasteiger partial charge in [-0.1, -0.05) is 43.3 Å². The maximum atomic E-state index is 12.9. The van der Waals surface area contributed by atoms with Crippen molar-refractivity contribution in [3.63, 3.8) is 0 Å². The number of Topliss-reactive ketones (excluding diaryl/α,β-unsaturated/α-hetero) is 1. The van der Waals surface area contributed by atoms with Crippen LogP contribution in [-0.4, -0.2) is 34.9 Å². The van der Waals surface area contributed by atoms with E-state index in [0.29, 0.717) is 11.1 Å². The Morgan fingerprint density at radius 3 is 2.34 bits per heavy atom. The van der Waals surface area contributed by atoms with Gasteiger partial charge in [0, 0.05) is 11.5 Å². The van der Waals surface area contributed by atoms with Gasteiger partial charge in [0.2, 0.25) is 0 Å². The number of carbonyl (C=O) groups excluding carboxylic acids is 3. The van der Waals surface area contributed by atoms with Crippen molar-refractivity contribution >= 4 is 23.4 Å². The number of ketones is 1. The first-order chi connectivity index (χ1) is 14.9. The second-order valence-corrected chi connectivity index (χ2v) is 9.10. The standard InChI is InChI=1S/C26H29NO5/c1-14-9-7-8-10-17(14)18-11-12-19-16(3)23(29)22(24(30)21(19)15(18)2)25(31)27-13-20(28)32-26(4,5)6/h7-12,16,30H,13H2,1-6H3,(H,27,31). The van der Waals surface area contributed by atoms with Crippen LogP contribution in [0.1, 0.15) is 55.9 Å². The van der Waals surface area contributed by atoms with E-state index in [4.69, 9.17) is 4.74 Å². The number of aliphatic hydroxyl groups excluding tert-OH is 1. The van der Waals surface area contributed by atoms with Crippen molar-refractivity contribution in [3.8, 4) is 11.1 Å². The Balaban J connectivity index is 2.01. The number of benzene rings is 2. The molecule has 0 heterocycles. The summed E-state index contributed by atoms with van der Waals surface area (Å²) in [6.07, 6.45) is 0. The Bertz CT molecular complexity index is 1140. The number of amides is 1. The number of carbonyl (C=O) groups is 3. The summed E-state index contributed by atoms with van der Waals surface area (Å²) < 4.78 is 5.18. The lowest BCUT2D eigenvalue weighted by atomic mass is 9.78. The molecular weight excluding hydrogens is 406 g/mol. The van der Waals surface area contributed by atoms with Gasteiger partial charge in [-0.3, -0.25) is 14.4 Å². The lowest BCUT2D eigenvalue weighted by molar-refractivity contribution is -0.154. The zero-order chi connectivity index (χ0) is 23.8. The molecule has 0 aromatic heterocycles. The number of hydrogen-bond acceptors (Lipinski definition) is 5. The molecule has 2 N–H and O–H groups in total. The maximum Gasteiger partial charge on any atom is 0.325 e. The van der Waals surface area contributed by atoms with Crippen LogP contribution in [0, 0.1) is 13.8 Å². The smallest absolute Gasteiger partial charge is 0.325 e. The second kappa shape index (κ2) is 8.61. The number of hydrogen-bond donors (Lipinski definition) is 2. The minimum absolute atomic E-state index is 0.335. The minimum atomic E-state index is -0.795. The maximum absolute atomic E-state index is 12.9. The molecule has 6 heteroatoms. The van der Waals surface area contributed by atoms with Crippen LogP contribution in [-0.2, 0) is 19.1 Å². The van der Waals surface area contributed by atoms with Gasteiger partial charge in [0.05, 0.1) is 0 Å². The highest BCUT2D eigenvalue weighted by Gasteiger charge is 2.37. The van der Waals surface area contributed by atoms with E-state index in [9.17, 15) is 19.5 Å². The summed E-state index contributed by atoms with van der Waals surface area (Å²) in [6, 6.07) is 11.7. The SMILES string of the molecule is Cc1ccccc1-c1ccc2c(c1C)C(O)=C(C(=O)NCC(=O)OC(C)(C)C)C(=O)C2C. The molecule has 1 aliphatic carbocycles. The van der Waals surface area contributed by atoms with Crippen molar-refractivity contribution in [1.29, 1.82) is 0 Å². The molecule has 1 unspecified atom stereocenters. The molecule has 2 aromatic rings. The number of fused-ring (bicyclic) bond motifs is 1. The van der Waals surface area contributed by atoms with Gasteiger partial charge in [-0.15, -0.1) is 0 Å². The first-order valence-electron chi connectivity index (χ1n) is 10.6. The molecule has 0 fully saturated rings. The Labute approximate surface area is 188 Å². The average molecular weight is 436 g/mol. The summed E-state index contributed by atoms with van der Waals surface area (Å²) >= 11 is 0. The Morgan fingerprint density at radius 1 is 1.06 bits per heavy atom. The van der Waals surface area contributed by atoms with E-state index in [0.717, 1.165) is 22.3 Å². The predicted molar refractivity (Wildman–Crippen MR) is 123 cm³/mol. The molecule has 0 spiro atoms. The molecule has 0 bridgehead atoms. The van der Waals surface area contributed by atoms with Crippen LogP contribution in [0.3, 0.4) is 0 Å². The highest BCUT2D eigenvalue weighted by Crippen LogP contribution is 2.40. The number of aryl methyl sites for hydroxylation is 1. The van der Waals surface area contributed by atoms with Crippen LogP contribution < -0.4 is 5.32 Å². The molecule has 2 aromatic carbocycles. The van der Waals surface area contributed by atoms with E-state index >= 15 is 0 Å². The van der Waals surface area contributed by atoms with E-state index < -0.39 is 35.7 Å². The second-order valence-electron chi connectivity index (χ2n) is 9.10. The van der Waals surface area contributed by atoms with E-state index in [1.54, 1.807) is 27.7 Å². The summed E-state index contributed by atoms with van der Waals surface area (Å²) in [7, 11) is 0. The number of rotatable bonds is 4. The Hall–Kier alpha value is -3.41. The summed E-state index contributed by atoms with van der Waals surface area (Å²) in [5.74, 6) is -2.87. The van der Waals surface area contributed by atoms with Gasteiger partial charge in [-0.25, -0.2) is 0 Å². The minimum Gasteiger partial charge on any atom is -0.506 e. The molecule has 0 saturated heterocycles. The van der Waals surface area contributed by atoms with Crippen LogP contribution in [0.5, 0.6) is 0 Å². The topological polar surface area (TPSA) is 92.7 Å². The summed E-state index contributed by atoms with van der Waals surface area (Å²) in [4.78, 5) is 37.7. The van der Waals surface area contributed by atoms with Gasteiger partial charge in [-0.2, -0.15) is 0 Å². The van der Waals surface area contributed by atoms with Crippen LogP contribution in [0.2, 0.25) is 0 Å². The van der Waals surface area contributed by atoms with Gasteiger partial charge in [0.1, 0.15) is 23.5 Å². The van der Waals surface area contributed by atoms with Crippen LogP contribution in [0.15, 0.2) is 42.0 Å². The molecule has 0 aliphatic heterocycles. The van der Waals surface area contributed by atoms with E-state index in [1.807, 2.05) is 50.2 Å².